The summed E-state index contributed by atoms with van der Waals surface area (Å²) in [5.41, 5.74) is 0.793. The van der Waals surface area contributed by atoms with Crippen LogP contribution in [0.3, 0.4) is 0 Å². The minimum atomic E-state index is -0.412. The molecule has 0 N–H and O–H groups in total. The number of nitro benzene ring substituents is 1. The molecular formula is C9H8BrNO3. The summed E-state index contributed by atoms with van der Waals surface area (Å²) in [6.07, 6.45) is 0. The first-order valence-electron chi connectivity index (χ1n) is 4.11. The molecule has 4 nitrogen and oxygen atoms in total. The lowest BCUT2D eigenvalue weighted by Gasteiger charge is -2.07. The van der Waals surface area contributed by atoms with Crippen LogP contribution in [-0.4, -0.2) is 11.5 Å². The highest BCUT2D eigenvalue weighted by Crippen LogP contribution is 2.42. The van der Waals surface area contributed by atoms with E-state index in [1.165, 1.54) is 12.1 Å². The van der Waals surface area contributed by atoms with Crippen molar-refractivity contribution in [3.8, 4) is 0 Å². The van der Waals surface area contributed by atoms with Crippen molar-refractivity contribution in [1.82, 2.24) is 0 Å². The first kappa shape index (κ1) is 9.61. The standard InChI is InChI=1S/C9H8BrNO3/c1-9(5-14-9)7-3-2-6(11(12)13)4-8(7)10/h2-4H,5H2,1H3. The smallest absolute Gasteiger partial charge is 0.270 e. The summed E-state index contributed by atoms with van der Waals surface area (Å²) in [4.78, 5) is 10.1. The molecule has 0 saturated carbocycles. The molecule has 0 amide bonds. The maximum Gasteiger partial charge on any atom is 0.270 e. The topological polar surface area (TPSA) is 55.7 Å². The SMILES string of the molecule is CC1(c2ccc([N+](=O)[O-])cc2Br)CO1. The maximum absolute atomic E-state index is 10.5. The van der Waals surface area contributed by atoms with Crippen molar-refractivity contribution in [3.63, 3.8) is 0 Å². The lowest BCUT2D eigenvalue weighted by molar-refractivity contribution is -0.384. The number of halogens is 1. The van der Waals surface area contributed by atoms with E-state index in [1.807, 2.05) is 6.92 Å². The van der Waals surface area contributed by atoms with Crippen molar-refractivity contribution < 1.29 is 9.66 Å². The molecule has 14 heavy (non-hydrogen) atoms. The van der Waals surface area contributed by atoms with Crippen LogP contribution in [0.5, 0.6) is 0 Å². The molecule has 1 aliphatic heterocycles. The second-order valence-corrected chi connectivity index (χ2v) is 4.30. The molecule has 2 rings (SSSR count). The molecule has 1 heterocycles. The van der Waals surface area contributed by atoms with Crippen LogP contribution < -0.4 is 0 Å². The normalized spacial score (nSPS) is 24.7. The molecule has 1 unspecified atom stereocenters. The van der Waals surface area contributed by atoms with Crippen LogP contribution in [0, 0.1) is 10.1 Å². The van der Waals surface area contributed by atoms with Gasteiger partial charge < -0.3 is 4.74 Å². The van der Waals surface area contributed by atoms with Crippen LogP contribution >= 0.6 is 15.9 Å². The van der Waals surface area contributed by atoms with Crippen molar-refractivity contribution in [2.24, 2.45) is 0 Å². The molecule has 1 aromatic rings. The van der Waals surface area contributed by atoms with Crippen LogP contribution in [0.4, 0.5) is 5.69 Å². The van der Waals surface area contributed by atoms with E-state index in [2.05, 4.69) is 15.9 Å². The molecule has 0 aromatic heterocycles. The van der Waals surface area contributed by atoms with E-state index in [0.717, 1.165) is 10.0 Å². The summed E-state index contributed by atoms with van der Waals surface area (Å²) in [5.74, 6) is 0. The fourth-order valence-electron chi connectivity index (χ4n) is 1.31. The van der Waals surface area contributed by atoms with Crippen LogP contribution in [0.2, 0.25) is 0 Å². The number of hydrogen-bond donors (Lipinski definition) is 0. The number of rotatable bonds is 2. The van der Waals surface area contributed by atoms with E-state index in [4.69, 9.17) is 4.74 Å². The van der Waals surface area contributed by atoms with E-state index in [9.17, 15) is 10.1 Å². The average molecular weight is 258 g/mol. The molecule has 0 spiro atoms. The van der Waals surface area contributed by atoms with Gasteiger partial charge >= 0.3 is 0 Å². The van der Waals surface area contributed by atoms with Crippen molar-refractivity contribution >= 4 is 21.6 Å². The van der Waals surface area contributed by atoms with Gasteiger partial charge in [0.2, 0.25) is 0 Å². The molecule has 1 aliphatic rings. The average Bonchev–Trinajstić information content (AvgIpc) is 2.84. The fraction of sp³-hybridized carbons (Fsp3) is 0.333. The Bertz CT molecular complexity index is 401. The van der Waals surface area contributed by atoms with E-state index < -0.39 is 4.92 Å². The summed E-state index contributed by atoms with van der Waals surface area (Å²) in [5, 5.41) is 10.5. The summed E-state index contributed by atoms with van der Waals surface area (Å²) in [7, 11) is 0. The van der Waals surface area contributed by atoms with E-state index in [0.29, 0.717) is 6.61 Å². The number of epoxide rings is 1. The molecule has 1 fully saturated rings. The van der Waals surface area contributed by atoms with Crippen LogP contribution in [-0.2, 0) is 10.3 Å². The van der Waals surface area contributed by atoms with Gasteiger partial charge in [0.15, 0.2) is 0 Å². The molecule has 1 saturated heterocycles. The van der Waals surface area contributed by atoms with Gasteiger partial charge in [-0.3, -0.25) is 10.1 Å². The van der Waals surface area contributed by atoms with Gasteiger partial charge in [0.1, 0.15) is 5.60 Å². The maximum atomic E-state index is 10.5. The highest BCUT2D eigenvalue weighted by molar-refractivity contribution is 9.10. The lowest BCUT2D eigenvalue weighted by atomic mass is 10.0. The Balaban J connectivity index is 2.41. The van der Waals surface area contributed by atoms with E-state index in [1.54, 1.807) is 6.07 Å². The molecule has 74 valence electrons. The molecular weight excluding hydrogens is 250 g/mol. The van der Waals surface area contributed by atoms with Gasteiger partial charge in [-0.25, -0.2) is 0 Å². The number of nitrogens with zero attached hydrogens (tertiary/aromatic N) is 1. The van der Waals surface area contributed by atoms with Crippen molar-refractivity contribution in [2.45, 2.75) is 12.5 Å². The second-order valence-electron chi connectivity index (χ2n) is 3.44. The monoisotopic (exact) mass is 257 g/mol. The molecule has 1 atom stereocenters. The zero-order valence-corrected chi connectivity index (χ0v) is 9.08. The second kappa shape index (κ2) is 3.03. The van der Waals surface area contributed by atoms with Crippen LogP contribution in [0.1, 0.15) is 12.5 Å². The summed E-state index contributed by atoms with van der Waals surface area (Å²) in [6, 6.07) is 4.73. The minimum absolute atomic E-state index is 0.0878. The zero-order chi connectivity index (χ0) is 10.3. The van der Waals surface area contributed by atoms with Crippen LogP contribution in [0.15, 0.2) is 22.7 Å². The van der Waals surface area contributed by atoms with Gasteiger partial charge in [-0.2, -0.15) is 0 Å². The Morgan fingerprint density at radius 2 is 2.29 bits per heavy atom. The largest absolute Gasteiger partial charge is 0.365 e. The third kappa shape index (κ3) is 1.53. The summed E-state index contributed by atoms with van der Waals surface area (Å²) in [6.45, 7) is 2.63. The Kier molecular flexibility index (Phi) is 2.08. The van der Waals surface area contributed by atoms with Gasteiger partial charge in [-0.1, -0.05) is 15.9 Å². The number of non-ortho nitro benzene ring substituents is 1. The Morgan fingerprint density at radius 3 is 2.71 bits per heavy atom. The third-order valence-corrected chi connectivity index (χ3v) is 2.97. The Labute approximate surface area is 89.2 Å². The highest BCUT2D eigenvalue weighted by atomic mass is 79.9. The van der Waals surface area contributed by atoms with Crippen LogP contribution in [0.25, 0.3) is 0 Å². The minimum Gasteiger partial charge on any atom is -0.365 e. The predicted octanol–water partition coefficient (Wildman–Crippen LogP) is 2.60. The van der Waals surface area contributed by atoms with Crippen molar-refractivity contribution in [2.75, 3.05) is 6.61 Å². The fourth-order valence-corrected chi connectivity index (χ4v) is 2.10. The van der Waals surface area contributed by atoms with Gasteiger partial charge in [0, 0.05) is 22.2 Å². The number of nitro groups is 1. The third-order valence-electron chi connectivity index (χ3n) is 2.31. The number of benzene rings is 1. The zero-order valence-electron chi connectivity index (χ0n) is 7.49. The highest BCUT2D eigenvalue weighted by Gasteiger charge is 2.42. The first-order chi connectivity index (χ1) is 6.53. The molecule has 0 radical (unpaired) electrons. The van der Waals surface area contributed by atoms with E-state index in [-0.39, 0.29) is 11.3 Å². The Hall–Kier alpha value is -0.940. The van der Waals surface area contributed by atoms with Gasteiger partial charge in [0.05, 0.1) is 11.5 Å². The molecule has 5 heteroatoms. The van der Waals surface area contributed by atoms with Gasteiger partial charge in [0.25, 0.3) is 5.69 Å². The quantitative estimate of drug-likeness (QED) is 0.465. The van der Waals surface area contributed by atoms with Crippen molar-refractivity contribution in [3.05, 3.63) is 38.3 Å². The molecule has 0 bridgehead atoms. The lowest BCUT2D eigenvalue weighted by Crippen LogP contribution is -2.03. The van der Waals surface area contributed by atoms with E-state index >= 15 is 0 Å². The molecule has 0 aliphatic carbocycles. The number of hydrogen-bond acceptors (Lipinski definition) is 3. The molecule has 1 aromatic carbocycles. The number of ether oxygens (including phenoxy) is 1. The summed E-state index contributed by atoms with van der Waals surface area (Å²) < 4.78 is 5.99. The van der Waals surface area contributed by atoms with Gasteiger partial charge in [-0.05, 0) is 13.0 Å². The first-order valence-corrected chi connectivity index (χ1v) is 4.91. The van der Waals surface area contributed by atoms with Gasteiger partial charge in [-0.15, -0.1) is 0 Å². The predicted molar refractivity (Wildman–Crippen MR) is 54.1 cm³/mol. The summed E-state index contributed by atoms with van der Waals surface area (Å²) >= 11 is 3.31. The Morgan fingerprint density at radius 1 is 1.64 bits per heavy atom. The van der Waals surface area contributed by atoms with Crippen molar-refractivity contribution in [1.29, 1.82) is 0 Å².